The average molecular weight is 515 g/mol. The number of rotatable bonds is 7. The number of ether oxygens (including phenoxy) is 1. The van der Waals surface area contributed by atoms with Crippen LogP contribution in [-0.4, -0.2) is 51.0 Å². The standard InChI is InChI=1S/C23H37N3O2.HI/c1-19-8-4-5-9-20(19)23(10-6-3-7-11-23)17-26-21(24-2)25-16-22(12-14-27)13-15-28-18-22;/h4-5,8-9,27H,3,6-7,10-18H2,1-2H3,(H2,24,25,26);1H. The molecule has 0 radical (unpaired) electrons. The molecule has 3 N–H and O–H groups in total. The second-order valence-electron chi connectivity index (χ2n) is 8.71. The number of hydrogen-bond donors (Lipinski definition) is 3. The minimum absolute atomic E-state index is 0. The molecule has 1 aliphatic heterocycles. The van der Waals surface area contributed by atoms with Crippen molar-refractivity contribution < 1.29 is 9.84 Å². The molecule has 1 aromatic carbocycles. The van der Waals surface area contributed by atoms with Crippen LogP contribution in [0, 0.1) is 12.3 Å². The van der Waals surface area contributed by atoms with Gasteiger partial charge in [0.05, 0.1) is 6.61 Å². The van der Waals surface area contributed by atoms with Crippen molar-refractivity contribution in [2.24, 2.45) is 10.4 Å². The van der Waals surface area contributed by atoms with Crippen LogP contribution in [0.25, 0.3) is 0 Å². The number of aryl methyl sites for hydroxylation is 1. The van der Waals surface area contributed by atoms with Gasteiger partial charge in [-0.05, 0) is 43.7 Å². The number of halogens is 1. The van der Waals surface area contributed by atoms with Crippen LogP contribution in [-0.2, 0) is 10.2 Å². The zero-order valence-corrected chi connectivity index (χ0v) is 20.3. The molecule has 29 heavy (non-hydrogen) atoms. The molecule has 1 unspecified atom stereocenters. The van der Waals surface area contributed by atoms with E-state index in [0.29, 0.717) is 6.61 Å². The Morgan fingerprint density at radius 2 is 1.83 bits per heavy atom. The van der Waals surface area contributed by atoms with Crippen LogP contribution in [0.4, 0.5) is 0 Å². The highest BCUT2D eigenvalue weighted by molar-refractivity contribution is 14.0. The number of nitrogens with zero attached hydrogens (tertiary/aromatic N) is 1. The van der Waals surface area contributed by atoms with E-state index in [4.69, 9.17) is 4.74 Å². The summed E-state index contributed by atoms with van der Waals surface area (Å²) in [5.74, 6) is 0.850. The molecule has 1 heterocycles. The van der Waals surface area contributed by atoms with E-state index in [-0.39, 0.29) is 41.4 Å². The Kier molecular flexibility index (Phi) is 9.69. The molecule has 2 aliphatic rings. The zero-order chi connectivity index (χ0) is 19.9. The van der Waals surface area contributed by atoms with Crippen LogP contribution >= 0.6 is 24.0 Å². The fraction of sp³-hybridized carbons (Fsp3) is 0.696. The lowest BCUT2D eigenvalue weighted by Gasteiger charge is -2.39. The van der Waals surface area contributed by atoms with Crippen LogP contribution in [0.3, 0.4) is 0 Å². The zero-order valence-electron chi connectivity index (χ0n) is 18.0. The summed E-state index contributed by atoms with van der Waals surface area (Å²) in [4.78, 5) is 4.46. The molecule has 2 fully saturated rings. The van der Waals surface area contributed by atoms with Gasteiger partial charge in [0.1, 0.15) is 0 Å². The largest absolute Gasteiger partial charge is 0.396 e. The molecule has 0 aromatic heterocycles. The van der Waals surface area contributed by atoms with Gasteiger partial charge in [0.15, 0.2) is 5.96 Å². The van der Waals surface area contributed by atoms with Crippen molar-refractivity contribution in [3.05, 3.63) is 35.4 Å². The second kappa shape index (κ2) is 11.5. The summed E-state index contributed by atoms with van der Waals surface area (Å²) in [5, 5.41) is 16.6. The Bertz CT molecular complexity index is 653. The van der Waals surface area contributed by atoms with Crippen molar-refractivity contribution in [2.45, 2.75) is 57.3 Å². The minimum atomic E-state index is 0. The monoisotopic (exact) mass is 515 g/mol. The maximum absolute atomic E-state index is 9.44. The van der Waals surface area contributed by atoms with E-state index >= 15 is 0 Å². The van der Waals surface area contributed by atoms with E-state index in [1.807, 2.05) is 7.05 Å². The molecule has 5 nitrogen and oxygen atoms in total. The van der Waals surface area contributed by atoms with Crippen molar-refractivity contribution in [1.29, 1.82) is 0 Å². The fourth-order valence-corrected chi connectivity index (χ4v) is 4.99. The molecule has 0 amide bonds. The normalized spacial score (nSPS) is 24.0. The van der Waals surface area contributed by atoms with Gasteiger partial charge in [-0.15, -0.1) is 24.0 Å². The predicted molar refractivity (Wildman–Crippen MR) is 130 cm³/mol. The summed E-state index contributed by atoms with van der Waals surface area (Å²) < 4.78 is 5.61. The Labute approximate surface area is 193 Å². The van der Waals surface area contributed by atoms with E-state index in [0.717, 1.165) is 38.5 Å². The minimum Gasteiger partial charge on any atom is -0.396 e. The average Bonchev–Trinajstić information content (AvgIpc) is 3.18. The maximum atomic E-state index is 9.44. The second-order valence-corrected chi connectivity index (χ2v) is 8.71. The summed E-state index contributed by atoms with van der Waals surface area (Å²) >= 11 is 0. The molecule has 1 saturated heterocycles. The number of aliphatic imine (C=N–C) groups is 1. The maximum Gasteiger partial charge on any atom is 0.191 e. The third-order valence-corrected chi connectivity index (χ3v) is 6.80. The van der Waals surface area contributed by atoms with Gasteiger partial charge >= 0.3 is 0 Å². The lowest BCUT2D eigenvalue weighted by molar-refractivity contribution is 0.127. The molecule has 3 rings (SSSR count). The van der Waals surface area contributed by atoms with Gasteiger partial charge in [-0.1, -0.05) is 43.5 Å². The summed E-state index contributed by atoms with van der Waals surface area (Å²) in [6.07, 6.45) is 8.13. The van der Waals surface area contributed by atoms with Crippen molar-refractivity contribution in [1.82, 2.24) is 10.6 Å². The highest BCUT2D eigenvalue weighted by Gasteiger charge is 2.36. The molecule has 1 aliphatic carbocycles. The van der Waals surface area contributed by atoms with Crippen LogP contribution in [0.15, 0.2) is 29.3 Å². The van der Waals surface area contributed by atoms with Gasteiger partial charge in [-0.2, -0.15) is 0 Å². The number of nitrogens with one attached hydrogen (secondary N) is 2. The lowest BCUT2D eigenvalue weighted by Crippen LogP contribution is -2.49. The first-order valence-electron chi connectivity index (χ1n) is 10.8. The number of aliphatic hydroxyl groups is 1. The van der Waals surface area contributed by atoms with Gasteiger partial charge in [-0.3, -0.25) is 4.99 Å². The first-order chi connectivity index (χ1) is 13.6. The molecule has 1 saturated carbocycles. The van der Waals surface area contributed by atoms with Crippen molar-refractivity contribution >= 4 is 29.9 Å². The quantitative estimate of drug-likeness (QED) is 0.294. The molecule has 1 atom stereocenters. The van der Waals surface area contributed by atoms with Gasteiger partial charge < -0.3 is 20.5 Å². The summed E-state index contributed by atoms with van der Waals surface area (Å²) in [7, 11) is 1.83. The van der Waals surface area contributed by atoms with E-state index in [1.54, 1.807) is 0 Å². The summed E-state index contributed by atoms with van der Waals surface area (Å²) in [6, 6.07) is 8.85. The first kappa shape index (κ1) is 24.4. The molecule has 0 bridgehead atoms. The Hall–Kier alpha value is -0.860. The molecular weight excluding hydrogens is 477 g/mol. The Morgan fingerprint density at radius 3 is 2.45 bits per heavy atom. The predicted octanol–water partition coefficient (Wildman–Crippen LogP) is 3.77. The van der Waals surface area contributed by atoms with Crippen molar-refractivity contribution in [3.8, 4) is 0 Å². The SMILES string of the molecule is CN=C(NCC1(CCO)CCOC1)NCC1(c2ccccc2C)CCCCC1.I. The van der Waals surface area contributed by atoms with Gasteiger partial charge in [0, 0.05) is 44.2 Å². The highest BCUT2D eigenvalue weighted by Crippen LogP contribution is 2.40. The summed E-state index contributed by atoms with van der Waals surface area (Å²) in [6.45, 7) is 5.62. The van der Waals surface area contributed by atoms with Gasteiger partial charge in [0.25, 0.3) is 0 Å². The third kappa shape index (κ3) is 6.07. The lowest BCUT2D eigenvalue weighted by atomic mass is 9.68. The molecule has 1 aromatic rings. The number of aliphatic hydroxyl groups excluding tert-OH is 1. The van der Waals surface area contributed by atoms with E-state index in [1.165, 1.54) is 43.2 Å². The molecule has 0 spiro atoms. The van der Waals surface area contributed by atoms with Gasteiger partial charge in [0.2, 0.25) is 0 Å². The van der Waals surface area contributed by atoms with E-state index in [9.17, 15) is 5.11 Å². The number of guanidine groups is 1. The topological polar surface area (TPSA) is 65.9 Å². The fourth-order valence-electron chi connectivity index (χ4n) is 4.99. The van der Waals surface area contributed by atoms with E-state index in [2.05, 4.69) is 46.8 Å². The molecule has 164 valence electrons. The smallest absolute Gasteiger partial charge is 0.191 e. The van der Waals surface area contributed by atoms with E-state index < -0.39 is 0 Å². The molecular formula is C23H38IN3O2. The van der Waals surface area contributed by atoms with Crippen molar-refractivity contribution in [3.63, 3.8) is 0 Å². The van der Waals surface area contributed by atoms with Crippen LogP contribution in [0.2, 0.25) is 0 Å². The van der Waals surface area contributed by atoms with Crippen molar-refractivity contribution in [2.75, 3.05) is 40.0 Å². The first-order valence-corrected chi connectivity index (χ1v) is 10.8. The molecule has 6 heteroatoms. The summed E-state index contributed by atoms with van der Waals surface area (Å²) in [5.41, 5.74) is 3.07. The van der Waals surface area contributed by atoms with Crippen LogP contribution in [0.1, 0.15) is 56.1 Å². The highest BCUT2D eigenvalue weighted by atomic mass is 127. The van der Waals surface area contributed by atoms with Crippen LogP contribution in [0.5, 0.6) is 0 Å². The number of benzene rings is 1. The Morgan fingerprint density at radius 1 is 1.10 bits per heavy atom. The number of hydrogen-bond acceptors (Lipinski definition) is 3. The van der Waals surface area contributed by atoms with Gasteiger partial charge in [-0.25, -0.2) is 0 Å². The third-order valence-electron chi connectivity index (χ3n) is 6.80. The van der Waals surface area contributed by atoms with Crippen LogP contribution < -0.4 is 10.6 Å². The Balaban J connectivity index is 0.00000300.